The summed E-state index contributed by atoms with van der Waals surface area (Å²) in [5, 5.41) is 14.5. The number of hydrogen-bond acceptors (Lipinski definition) is 5. The molecule has 4 aromatic rings. The first-order valence-electron chi connectivity index (χ1n) is 8.70. The highest BCUT2D eigenvalue weighted by atomic mass is 32.2. The largest absolute Gasteiger partial charge is 0.240 e. The molecule has 2 aromatic carbocycles. The van der Waals surface area contributed by atoms with Crippen LogP contribution in [0.2, 0.25) is 0 Å². The monoisotopic (exact) mass is 381 g/mol. The molecule has 2 heterocycles. The Morgan fingerprint density at radius 2 is 1.89 bits per heavy atom. The van der Waals surface area contributed by atoms with E-state index in [4.69, 9.17) is 0 Å². The van der Waals surface area contributed by atoms with Gasteiger partial charge in [-0.25, -0.2) is 13.1 Å². The van der Waals surface area contributed by atoms with Crippen molar-refractivity contribution in [2.75, 3.05) is 6.54 Å². The minimum absolute atomic E-state index is 0.267. The van der Waals surface area contributed by atoms with Gasteiger partial charge in [-0.3, -0.25) is 0 Å². The van der Waals surface area contributed by atoms with Gasteiger partial charge in [-0.1, -0.05) is 43.3 Å². The van der Waals surface area contributed by atoms with Crippen molar-refractivity contribution in [1.82, 2.24) is 24.5 Å². The third-order valence-corrected chi connectivity index (χ3v) is 6.06. The van der Waals surface area contributed by atoms with E-state index >= 15 is 0 Å². The first kappa shape index (κ1) is 17.6. The fourth-order valence-corrected chi connectivity index (χ4v) is 4.49. The van der Waals surface area contributed by atoms with E-state index in [1.54, 1.807) is 23.8 Å². The van der Waals surface area contributed by atoms with Gasteiger partial charge in [0, 0.05) is 22.9 Å². The smallest absolute Gasteiger partial charge is 0.211 e. The highest BCUT2D eigenvalue weighted by Gasteiger charge is 2.19. The van der Waals surface area contributed by atoms with E-state index in [1.807, 2.05) is 43.3 Å². The van der Waals surface area contributed by atoms with Crippen LogP contribution in [-0.2, 0) is 10.0 Å². The second kappa shape index (κ2) is 6.71. The topological polar surface area (TPSA) is 89.2 Å². The second-order valence-electron chi connectivity index (χ2n) is 6.37. The molecule has 2 aromatic heterocycles. The molecule has 0 spiro atoms. The molecule has 0 radical (unpaired) electrons. The SMILES string of the molecule is CCCNS(=O)(=O)c1cc(-c2nn3cnnc3c3ccccc23)ccc1C. The maximum absolute atomic E-state index is 12.7. The van der Waals surface area contributed by atoms with Crippen molar-refractivity contribution in [3.63, 3.8) is 0 Å². The average Bonchev–Trinajstić information content (AvgIpc) is 3.15. The lowest BCUT2D eigenvalue weighted by atomic mass is 10.0. The number of nitrogens with one attached hydrogen (secondary N) is 1. The molecule has 27 heavy (non-hydrogen) atoms. The average molecular weight is 381 g/mol. The first-order chi connectivity index (χ1) is 13.0. The number of aryl methyl sites for hydroxylation is 1. The number of nitrogens with zero attached hydrogens (tertiary/aromatic N) is 4. The van der Waals surface area contributed by atoms with E-state index in [9.17, 15) is 8.42 Å². The molecule has 0 unspecified atom stereocenters. The summed E-state index contributed by atoms with van der Waals surface area (Å²) in [6.07, 6.45) is 2.27. The maximum atomic E-state index is 12.7. The van der Waals surface area contributed by atoms with Crippen LogP contribution in [0.4, 0.5) is 0 Å². The summed E-state index contributed by atoms with van der Waals surface area (Å²) in [6.45, 7) is 4.12. The molecule has 0 saturated carbocycles. The summed E-state index contributed by atoms with van der Waals surface area (Å²) in [6, 6.07) is 13.1. The van der Waals surface area contributed by atoms with Crippen LogP contribution in [0.1, 0.15) is 18.9 Å². The Hall–Kier alpha value is -2.84. The molecule has 8 heteroatoms. The van der Waals surface area contributed by atoms with Crippen molar-refractivity contribution in [3.8, 4) is 11.3 Å². The van der Waals surface area contributed by atoms with Crippen molar-refractivity contribution in [2.24, 2.45) is 0 Å². The maximum Gasteiger partial charge on any atom is 0.240 e. The van der Waals surface area contributed by atoms with Crippen LogP contribution in [0.3, 0.4) is 0 Å². The summed E-state index contributed by atoms with van der Waals surface area (Å²) >= 11 is 0. The van der Waals surface area contributed by atoms with Crippen LogP contribution in [0, 0.1) is 6.92 Å². The molecule has 0 amide bonds. The molecule has 4 rings (SSSR count). The molecule has 0 aliphatic rings. The zero-order valence-corrected chi connectivity index (χ0v) is 15.9. The van der Waals surface area contributed by atoms with Crippen molar-refractivity contribution in [3.05, 3.63) is 54.4 Å². The van der Waals surface area contributed by atoms with Crippen LogP contribution in [0.15, 0.2) is 53.7 Å². The van der Waals surface area contributed by atoms with Gasteiger partial charge in [0.25, 0.3) is 0 Å². The summed E-state index contributed by atoms with van der Waals surface area (Å²) in [4.78, 5) is 0.267. The Kier molecular flexibility index (Phi) is 4.37. The first-order valence-corrected chi connectivity index (χ1v) is 10.2. The molecule has 1 N–H and O–H groups in total. The normalized spacial score (nSPS) is 12.1. The predicted molar refractivity (Wildman–Crippen MR) is 104 cm³/mol. The summed E-state index contributed by atoms with van der Waals surface area (Å²) in [5.74, 6) is 0. The Bertz CT molecular complexity index is 1250. The van der Waals surface area contributed by atoms with Crippen molar-refractivity contribution < 1.29 is 8.42 Å². The number of sulfonamides is 1. The molecule has 7 nitrogen and oxygen atoms in total. The molecule has 0 atom stereocenters. The standard InChI is InChI=1S/C19H19N5O2S/c1-3-10-21-27(25,26)17-11-14(9-8-13(17)2)18-15-6-4-5-7-16(15)19-22-20-12-24(19)23-18/h4-9,11-12,21H,3,10H2,1-2H3. The van der Waals surface area contributed by atoms with Gasteiger partial charge in [-0.15, -0.1) is 10.2 Å². The Labute approximate surface area is 157 Å². The minimum atomic E-state index is -3.58. The van der Waals surface area contributed by atoms with Gasteiger partial charge in [0.1, 0.15) is 6.33 Å². The number of rotatable bonds is 5. The number of benzene rings is 2. The van der Waals surface area contributed by atoms with Gasteiger partial charge in [0.15, 0.2) is 5.65 Å². The van der Waals surface area contributed by atoms with E-state index in [1.165, 1.54) is 0 Å². The van der Waals surface area contributed by atoms with Crippen LogP contribution >= 0.6 is 0 Å². The van der Waals surface area contributed by atoms with E-state index in [0.29, 0.717) is 23.4 Å². The summed E-state index contributed by atoms with van der Waals surface area (Å²) < 4.78 is 29.6. The fourth-order valence-electron chi connectivity index (χ4n) is 3.09. The van der Waals surface area contributed by atoms with Crippen molar-refractivity contribution >= 4 is 26.4 Å². The molecular formula is C19H19N5O2S. The predicted octanol–water partition coefficient (Wildman–Crippen LogP) is 2.94. The fraction of sp³-hybridized carbons (Fsp3) is 0.211. The molecule has 0 fully saturated rings. The lowest BCUT2D eigenvalue weighted by Gasteiger charge is -2.12. The zero-order valence-electron chi connectivity index (χ0n) is 15.0. The summed E-state index contributed by atoms with van der Waals surface area (Å²) in [7, 11) is -3.58. The Morgan fingerprint density at radius 3 is 2.67 bits per heavy atom. The highest BCUT2D eigenvalue weighted by Crippen LogP contribution is 2.30. The number of aromatic nitrogens is 4. The quantitative estimate of drug-likeness (QED) is 0.574. The highest BCUT2D eigenvalue weighted by molar-refractivity contribution is 7.89. The van der Waals surface area contributed by atoms with Gasteiger partial charge in [0.05, 0.1) is 10.6 Å². The van der Waals surface area contributed by atoms with E-state index in [0.717, 1.165) is 22.8 Å². The van der Waals surface area contributed by atoms with Gasteiger partial charge < -0.3 is 0 Å². The summed E-state index contributed by atoms with van der Waals surface area (Å²) in [5.41, 5.74) is 2.77. The lowest BCUT2D eigenvalue weighted by Crippen LogP contribution is -2.25. The lowest BCUT2D eigenvalue weighted by molar-refractivity contribution is 0.580. The number of hydrogen-bond donors (Lipinski definition) is 1. The molecule has 0 aliphatic carbocycles. The van der Waals surface area contributed by atoms with E-state index < -0.39 is 10.0 Å². The molecular weight excluding hydrogens is 362 g/mol. The third kappa shape index (κ3) is 3.07. The van der Waals surface area contributed by atoms with E-state index in [2.05, 4.69) is 20.0 Å². The Morgan fingerprint density at radius 1 is 1.11 bits per heavy atom. The van der Waals surface area contributed by atoms with Gasteiger partial charge in [-0.05, 0) is 25.0 Å². The van der Waals surface area contributed by atoms with Crippen molar-refractivity contribution in [1.29, 1.82) is 0 Å². The van der Waals surface area contributed by atoms with E-state index in [-0.39, 0.29) is 4.90 Å². The van der Waals surface area contributed by atoms with Gasteiger partial charge >= 0.3 is 0 Å². The van der Waals surface area contributed by atoms with Crippen molar-refractivity contribution in [2.45, 2.75) is 25.2 Å². The molecule has 0 aliphatic heterocycles. The second-order valence-corrected chi connectivity index (χ2v) is 8.11. The van der Waals surface area contributed by atoms with Crippen LogP contribution in [-0.4, -0.2) is 34.8 Å². The van der Waals surface area contributed by atoms with Crippen LogP contribution in [0.25, 0.3) is 27.7 Å². The Balaban J connectivity index is 1.95. The molecule has 0 saturated heterocycles. The molecule has 138 valence electrons. The minimum Gasteiger partial charge on any atom is -0.211 e. The zero-order chi connectivity index (χ0) is 19.0. The third-order valence-electron chi connectivity index (χ3n) is 4.45. The number of fused-ring (bicyclic) bond motifs is 3. The molecule has 0 bridgehead atoms. The van der Waals surface area contributed by atoms with Gasteiger partial charge in [0.2, 0.25) is 10.0 Å². The van der Waals surface area contributed by atoms with Gasteiger partial charge in [-0.2, -0.15) is 9.61 Å². The van der Waals surface area contributed by atoms with Crippen LogP contribution in [0.5, 0.6) is 0 Å². The van der Waals surface area contributed by atoms with Crippen LogP contribution < -0.4 is 4.72 Å².